The second-order valence-corrected chi connectivity index (χ2v) is 5.50. The number of thiazole rings is 1. The first-order valence-corrected chi connectivity index (χ1v) is 6.91. The van der Waals surface area contributed by atoms with Gasteiger partial charge in [-0.2, -0.15) is 0 Å². The van der Waals surface area contributed by atoms with Gasteiger partial charge in [0, 0.05) is 24.9 Å². The average Bonchev–Trinajstić information content (AvgIpc) is 2.74. The normalized spacial score (nSPS) is 21.0. The molecule has 1 fully saturated rings. The minimum Gasteiger partial charge on any atom is -0.376 e. The van der Waals surface area contributed by atoms with Crippen LogP contribution in [0, 0.1) is 6.92 Å². The lowest BCUT2D eigenvalue weighted by Gasteiger charge is -2.27. The lowest BCUT2D eigenvalue weighted by Crippen LogP contribution is -2.39. The number of aryl methyl sites for hydroxylation is 1. The molecular weight excluding hydrogens is 236 g/mol. The van der Waals surface area contributed by atoms with E-state index in [2.05, 4.69) is 22.3 Å². The van der Waals surface area contributed by atoms with Crippen LogP contribution in [-0.2, 0) is 15.9 Å². The Morgan fingerprint density at radius 3 is 3.06 bits per heavy atom. The number of hydrogen-bond acceptors (Lipinski definition) is 5. The molecule has 1 aliphatic rings. The van der Waals surface area contributed by atoms with Gasteiger partial charge in [0.25, 0.3) is 0 Å². The minimum atomic E-state index is 0.228. The van der Waals surface area contributed by atoms with E-state index in [-0.39, 0.29) is 6.10 Å². The number of rotatable bonds is 5. The van der Waals surface area contributed by atoms with Gasteiger partial charge in [-0.3, -0.25) is 0 Å². The predicted octanol–water partition coefficient (Wildman–Crippen LogP) is 1.34. The van der Waals surface area contributed by atoms with Crippen LogP contribution >= 0.6 is 11.3 Å². The molecule has 0 aromatic carbocycles. The highest BCUT2D eigenvalue weighted by Crippen LogP contribution is 2.09. The topological polar surface area (TPSA) is 34.6 Å². The predicted molar refractivity (Wildman–Crippen MR) is 68.6 cm³/mol. The lowest BCUT2D eigenvalue weighted by molar-refractivity contribution is -0.0956. The van der Waals surface area contributed by atoms with E-state index in [0.29, 0.717) is 0 Å². The number of likely N-dealkylation sites (N-methyl/N-ethyl adjacent to an activating group) is 1. The van der Waals surface area contributed by atoms with Gasteiger partial charge in [0.15, 0.2) is 0 Å². The van der Waals surface area contributed by atoms with Crippen molar-refractivity contribution in [2.24, 2.45) is 0 Å². The zero-order valence-corrected chi connectivity index (χ0v) is 11.3. The maximum Gasteiger partial charge on any atom is 0.0936 e. The third-order valence-corrected chi connectivity index (χ3v) is 3.64. The maximum atomic E-state index is 5.62. The molecule has 1 unspecified atom stereocenters. The second-order valence-electron chi connectivity index (χ2n) is 4.44. The Labute approximate surface area is 107 Å². The van der Waals surface area contributed by atoms with Gasteiger partial charge in [-0.15, -0.1) is 11.3 Å². The van der Waals surface area contributed by atoms with Crippen molar-refractivity contribution >= 4 is 11.3 Å². The molecule has 1 aromatic rings. The fraction of sp³-hybridized carbons (Fsp3) is 0.750. The summed E-state index contributed by atoms with van der Waals surface area (Å²) in [6.45, 7) is 6.18. The van der Waals surface area contributed by atoms with Crippen LogP contribution in [0.2, 0.25) is 0 Å². The van der Waals surface area contributed by atoms with Crippen molar-refractivity contribution in [3.05, 3.63) is 16.1 Å². The number of aromatic nitrogens is 1. The van der Waals surface area contributed by atoms with E-state index in [1.807, 2.05) is 6.92 Å². The fourth-order valence-corrected chi connectivity index (χ4v) is 2.56. The summed E-state index contributed by atoms with van der Waals surface area (Å²) < 4.78 is 11.0. The number of ether oxygens (including phenoxy) is 2. The highest BCUT2D eigenvalue weighted by atomic mass is 32.1. The van der Waals surface area contributed by atoms with Gasteiger partial charge in [-0.1, -0.05) is 0 Å². The quantitative estimate of drug-likeness (QED) is 0.796. The minimum absolute atomic E-state index is 0.228. The largest absolute Gasteiger partial charge is 0.376 e. The molecule has 0 amide bonds. The molecule has 4 nitrogen and oxygen atoms in total. The third kappa shape index (κ3) is 4.35. The van der Waals surface area contributed by atoms with Gasteiger partial charge in [0.1, 0.15) is 0 Å². The van der Waals surface area contributed by atoms with E-state index in [1.54, 1.807) is 11.3 Å². The molecule has 17 heavy (non-hydrogen) atoms. The molecule has 0 spiro atoms. The van der Waals surface area contributed by atoms with Crippen molar-refractivity contribution in [1.82, 2.24) is 9.88 Å². The van der Waals surface area contributed by atoms with Gasteiger partial charge < -0.3 is 14.4 Å². The van der Waals surface area contributed by atoms with Gasteiger partial charge in [-0.25, -0.2) is 4.98 Å². The van der Waals surface area contributed by atoms with Crippen molar-refractivity contribution in [2.45, 2.75) is 19.4 Å². The molecule has 0 radical (unpaired) electrons. The Kier molecular flexibility index (Phi) is 4.91. The van der Waals surface area contributed by atoms with Crippen LogP contribution in [-0.4, -0.2) is 55.9 Å². The van der Waals surface area contributed by atoms with Crippen LogP contribution in [0.3, 0.4) is 0 Å². The van der Waals surface area contributed by atoms with E-state index in [9.17, 15) is 0 Å². The Morgan fingerprint density at radius 2 is 2.41 bits per heavy atom. The Hall–Kier alpha value is -0.490. The molecule has 0 saturated carbocycles. The zero-order chi connectivity index (χ0) is 12.1. The zero-order valence-electron chi connectivity index (χ0n) is 10.5. The molecule has 1 aromatic heterocycles. The molecule has 2 rings (SSSR count). The van der Waals surface area contributed by atoms with Crippen LogP contribution < -0.4 is 0 Å². The van der Waals surface area contributed by atoms with E-state index in [4.69, 9.17) is 9.47 Å². The van der Waals surface area contributed by atoms with Gasteiger partial charge in [-0.05, 0) is 14.0 Å². The molecule has 1 saturated heterocycles. The summed E-state index contributed by atoms with van der Waals surface area (Å²) in [6, 6.07) is 0. The molecule has 1 atom stereocenters. The molecule has 2 heterocycles. The summed E-state index contributed by atoms with van der Waals surface area (Å²) in [5.41, 5.74) is 1.19. The van der Waals surface area contributed by atoms with Crippen molar-refractivity contribution in [1.29, 1.82) is 0 Å². The average molecular weight is 256 g/mol. The lowest BCUT2D eigenvalue weighted by atomic mass is 10.3. The highest BCUT2D eigenvalue weighted by Gasteiger charge is 2.16. The van der Waals surface area contributed by atoms with Crippen LogP contribution in [0.25, 0.3) is 0 Å². The highest BCUT2D eigenvalue weighted by molar-refractivity contribution is 7.09. The summed E-state index contributed by atoms with van der Waals surface area (Å²) in [7, 11) is 2.12. The number of nitrogens with zero attached hydrogens (tertiary/aromatic N) is 2. The van der Waals surface area contributed by atoms with Crippen molar-refractivity contribution < 1.29 is 9.47 Å². The van der Waals surface area contributed by atoms with Crippen LogP contribution in [0.4, 0.5) is 0 Å². The van der Waals surface area contributed by atoms with Crippen molar-refractivity contribution in [3.8, 4) is 0 Å². The summed E-state index contributed by atoms with van der Waals surface area (Å²) in [5.74, 6) is 0. The first-order valence-electron chi connectivity index (χ1n) is 6.03. The van der Waals surface area contributed by atoms with Crippen LogP contribution in [0.15, 0.2) is 5.38 Å². The monoisotopic (exact) mass is 256 g/mol. The summed E-state index contributed by atoms with van der Waals surface area (Å²) in [6.07, 6.45) is 1.24. The molecule has 0 bridgehead atoms. The Morgan fingerprint density at radius 1 is 1.53 bits per heavy atom. The van der Waals surface area contributed by atoms with Gasteiger partial charge in [0.05, 0.1) is 36.6 Å². The van der Waals surface area contributed by atoms with E-state index in [0.717, 1.165) is 44.3 Å². The van der Waals surface area contributed by atoms with Crippen molar-refractivity contribution in [3.63, 3.8) is 0 Å². The van der Waals surface area contributed by atoms with Crippen molar-refractivity contribution in [2.75, 3.05) is 40.0 Å². The fourth-order valence-electron chi connectivity index (χ4n) is 1.91. The second kappa shape index (κ2) is 6.44. The SMILES string of the molecule is Cc1nc(CCN(C)CC2COCCO2)cs1. The molecule has 5 heteroatoms. The van der Waals surface area contributed by atoms with Crippen LogP contribution in [0.5, 0.6) is 0 Å². The maximum absolute atomic E-state index is 5.62. The first kappa shape index (κ1) is 13.0. The van der Waals surface area contributed by atoms with Gasteiger partial charge >= 0.3 is 0 Å². The van der Waals surface area contributed by atoms with E-state index >= 15 is 0 Å². The van der Waals surface area contributed by atoms with E-state index in [1.165, 1.54) is 5.69 Å². The van der Waals surface area contributed by atoms with E-state index < -0.39 is 0 Å². The summed E-state index contributed by atoms with van der Waals surface area (Å²) >= 11 is 1.72. The Balaban J connectivity index is 1.68. The van der Waals surface area contributed by atoms with Gasteiger partial charge in [0.2, 0.25) is 0 Å². The first-order chi connectivity index (χ1) is 8.24. The summed E-state index contributed by atoms with van der Waals surface area (Å²) in [5, 5.41) is 3.29. The summed E-state index contributed by atoms with van der Waals surface area (Å²) in [4.78, 5) is 6.75. The number of hydrogen-bond donors (Lipinski definition) is 0. The molecule has 0 N–H and O–H groups in total. The standard InChI is InChI=1S/C12H20N2O2S/c1-10-13-11(9-17-10)3-4-14(2)7-12-8-15-5-6-16-12/h9,12H,3-8H2,1-2H3. The smallest absolute Gasteiger partial charge is 0.0936 e. The third-order valence-electron chi connectivity index (χ3n) is 2.82. The molecule has 0 aliphatic carbocycles. The van der Waals surface area contributed by atoms with Crippen LogP contribution in [0.1, 0.15) is 10.7 Å². The molecule has 96 valence electrons. The molecule has 1 aliphatic heterocycles. The molecular formula is C12H20N2O2S. The Bertz CT molecular complexity index is 337.